The molecule has 1 heterocycles. The summed E-state index contributed by atoms with van der Waals surface area (Å²) in [5.41, 5.74) is 2.44. The summed E-state index contributed by atoms with van der Waals surface area (Å²) in [5, 5.41) is 2.85. The average molecular weight is 388 g/mol. The van der Waals surface area contributed by atoms with Crippen LogP contribution in [0.15, 0.2) is 53.4 Å². The number of sulfonamides is 1. The third-order valence-corrected chi connectivity index (χ3v) is 6.47. The van der Waals surface area contributed by atoms with Gasteiger partial charge in [-0.15, -0.1) is 0 Å². The molecular formula is C20H24N2O4S. The maximum Gasteiger partial charge on any atom is 0.243 e. The lowest BCUT2D eigenvalue weighted by atomic mass is 10.1. The fourth-order valence-electron chi connectivity index (χ4n) is 2.95. The van der Waals surface area contributed by atoms with Gasteiger partial charge in [0.25, 0.3) is 0 Å². The van der Waals surface area contributed by atoms with Crippen LogP contribution in [0.3, 0.4) is 0 Å². The van der Waals surface area contributed by atoms with E-state index in [1.165, 1.54) is 4.31 Å². The van der Waals surface area contributed by atoms with Crippen LogP contribution < -0.4 is 5.32 Å². The van der Waals surface area contributed by atoms with E-state index in [0.717, 1.165) is 11.1 Å². The minimum atomic E-state index is -3.59. The van der Waals surface area contributed by atoms with Gasteiger partial charge >= 0.3 is 0 Å². The third-order valence-electron chi connectivity index (χ3n) is 4.57. The highest BCUT2D eigenvalue weighted by Crippen LogP contribution is 2.24. The zero-order valence-corrected chi connectivity index (χ0v) is 16.2. The molecule has 144 valence electrons. The molecule has 7 heteroatoms. The molecule has 1 aliphatic heterocycles. The Balaban J connectivity index is 1.70. The van der Waals surface area contributed by atoms with Crippen molar-refractivity contribution >= 4 is 21.6 Å². The smallest absolute Gasteiger partial charge is 0.243 e. The van der Waals surface area contributed by atoms with Crippen LogP contribution in [-0.2, 0) is 26.0 Å². The van der Waals surface area contributed by atoms with Gasteiger partial charge in [0.15, 0.2) is 0 Å². The maximum atomic E-state index is 12.8. The highest BCUT2D eigenvalue weighted by Gasteiger charge is 2.26. The monoisotopic (exact) mass is 388 g/mol. The lowest BCUT2D eigenvalue weighted by molar-refractivity contribution is -0.116. The summed E-state index contributed by atoms with van der Waals surface area (Å²) in [6.07, 6.45) is 0.974. The van der Waals surface area contributed by atoms with Crippen LogP contribution in [0.1, 0.15) is 17.5 Å². The van der Waals surface area contributed by atoms with Crippen molar-refractivity contribution < 1.29 is 17.9 Å². The highest BCUT2D eigenvalue weighted by atomic mass is 32.2. The van der Waals surface area contributed by atoms with E-state index in [2.05, 4.69) is 5.32 Å². The van der Waals surface area contributed by atoms with Gasteiger partial charge in [-0.25, -0.2) is 8.42 Å². The summed E-state index contributed by atoms with van der Waals surface area (Å²) in [5.74, 6) is -0.136. The maximum absolute atomic E-state index is 12.8. The van der Waals surface area contributed by atoms with Gasteiger partial charge in [-0.2, -0.15) is 4.31 Å². The number of carbonyl (C=O) groups is 1. The van der Waals surface area contributed by atoms with E-state index in [-0.39, 0.29) is 10.8 Å². The minimum absolute atomic E-state index is 0.136. The summed E-state index contributed by atoms with van der Waals surface area (Å²) in [6, 6.07) is 14.6. The molecule has 1 saturated heterocycles. The van der Waals surface area contributed by atoms with Crippen molar-refractivity contribution in [2.45, 2.75) is 24.7 Å². The van der Waals surface area contributed by atoms with E-state index in [1.54, 1.807) is 18.2 Å². The molecule has 1 aliphatic rings. The molecule has 0 saturated carbocycles. The van der Waals surface area contributed by atoms with Crippen molar-refractivity contribution in [3.8, 4) is 0 Å². The Bertz CT molecular complexity index is 891. The predicted molar refractivity (Wildman–Crippen MR) is 104 cm³/mol. The zero-order chi connectivity index (χ0) is 19.3. The summed E-state index contributed by atoms with van der Waals surface area (Å²) in [7, 11) is -3.59. The molecule has 0 spiro atoms. The molecule has 0 aromatic heterocycles. The minimum Gasteiger partial charge on any atom is -0.379 e. The fourth-order valence-corrected chi connectivity index (χ4v) is 4.38. The first-order valence-electron chi connectivity index (χ1n) is 8.99. The first-order chi connectivity index (χ1) is 13.0. The standard InChI is InChI=1S/C20H24N2O4S/c1-16-7-9-18(27(24,25)22-11-13-26-14-12-22)15-19(16)21-20(23)10-8-17-5-3-2-4-6-17/h2-7,9,15H,8,10-14H2,1H3,(H,21,23). The Kier molecular flexibility index (Phi) is 6.26. The van der Waals surface area contributed by atoms with Crippen LogP contribution in [0.4, 0.5) is 5.69 Å². The third kappa shape index (κ3) is 4.94. The molecule has 3 rings (SSSR count). The van der Waals surface area contributed by atoms with E-state index in [1.807, 2.05) is 37.3 Å². The molecular weight excluding hydrogens is 364 g/mol. The van der Waals surface area contributed by atoms with Crippen molar-refractivity contribution in [2.24, 2.45) is 0 Å². The first kappa shape index (κ1) is 19.5. The molecule has 1 N–H and O–H groups in total. The van der Waals surface area contributed by atoms with Crippen molar-refractivity contribution in [1.82, 2.24) is 4.31 Å². The van der Waals surface area contributed by atoms with Crippen molar-refractivity contribution in [3.63, 3.8) is 0 Å². The van der Waals surface area contributed by atoms with Gasteiger partial charge in [-0.1, -0.05) is 36.4 Å². The Hall–Kier alpha value is -2.22. The molecule has 2 aromatic carbocycles. The van der Waals surface area contributed by atoms with Gasteiger partial charge in [-0.05, 0) is 36.6 Å². The van der Waals surface area contributed by atoms with Crippen molar-refractivity contribution in [3.05, 3.63) is 59.7 Å². The van der Waals surface area contributed by atoms with Crippen LogP contribution in [0.2, 0.25) is 0 Å². The Morgan fingerprint density at radius 2 is 1.81 bits per heavy atom. The van der Waals surface area contributed by atoms with E-state index in [0.29, 0.717) is 44.8 Å². The molecule has 1 fully saturated rings. The van der Waals surface area contributed by atoms with Crippen molar-refractivity contribution in [1.29, 1.82) is 0 Å². The number of morpholine rings is 1. The van der Waals surface area contributed by atoms with Gasteiger partial charge in [0.05, 0.1) is 18.1 Å². The zero-order valence-electron chi connectivity index (χ0n) is 15.3. The number of anilines is 1. The van der Waals surface area contributed by atoms with E-state index in [4.69, 9.17) is 4.74 Å². The van der Waals surface area contributed by atoms with Gasteiger partial charge in [-0.3, -0.25) is 4.79 Å². The highest BCUT2D eigenvalue weighted by molar-refractivity contribution is 7.89. The second kappa shape index (κ2) is 8.65. The molecule has 27 heavy (non-hydrogen) atoms. The quantitative estimate of drug-likeness (QED) is 0.825. The number of rotatable bonds is 6. The van der Waals surface area contributed by atoms with Crippen molar-refractivity contribution in [2.75, 3.05) is 31.6 Å². The Morgan fingerprint density at radius 1 is 1.11 bits per heavy atom. The first-order valence-corrected chi connectivity index (χ1v) is 10.4. The summed E-state index contributed by atoms with van der Waals surface area (Å²) in [4.78, 5) is 12.5. The van der Waals surface area contributed by atoms with E-state index >= 15 is 0 Å². The van der Waals surface area contributed by atoms with Gasteiger partial charge in [0, 0.05) is 25.2 Å². The molecule has 0 atom stereocenters. The van der Waals surface area contributed by atoms with Crippen LogP contribution >= 0.6 is 0 Å². The summed E-state index contributed by atoms with van der Waals surface area (Å²) in [6.45, 7) is 3.32. The SMILES string of the molecule is Cc1ccc(S(=O)(=O)N2CCOCC2)cc1NC(=O)CCc1ccccc1. The molecule has 1 amide bonds. The summed E-state index contributed by atoms with van der Waals surface area (Å²) >= 11 is 0. The second-order valence-electron chi connectivity index (χ2n) is 6.53. The number of hydrogen-bond donors (Lipinski definition) is 1. The Morgan fingerprint density at radius 3 is 2.52 bits per heavy atom. The predicted octanol–water partition coefficient (Wildman–Crippen LogP) is 2.59. The lowest BCUT2D eigenvalue weighted by Crippen LogP contribution is -2.40. The summed E-state index contributed by atoms with van der Waals surface area (Å²) < 4.78 is 32.3. The second-order valence-corrected chi connectivity index (χ2v) is 8.46. The number of amides is 1. The molecule has 6 nitrogen and oxygen atoms in total. The molecule has 0 unspecified atom stereocenters. The molecule has 2 aromatic rings. The number of aryl methyl sites for hydroxylation is 2. The van der Waals surface area contributed by atoms with Gasteiger partial charge < -0.3 is 10.1 Å². The van der Waals surface area contributed by atoms with Crippen LogP contribution in [-0.4, -0.2) is 44.9 Å². The number of nitrogens with one attached hydrogen (secondary N) is 1. The van der Waals surface area contributed by atoms with Gasteiger partial charge in [0.1, 0.15) is 0 Å². The Labute approximate surface area is 160 Å². The number of hydrogen-bond acceptors (Lipinski definition) is 4. The normalized spacial score (nSPS) is 15.4. The van der Waals surface area contributed by atoms with E-state index in [9.17, 15) is 13.2 Å². The average Bonchev–Trinajstić information content (AvgIpc) is 2.69. The number of benzene rings is 2. The topological polar surface area (TPSA) is 75.7 Å². The van der Waals surface area contributed by atoms with Crippen LogP contribution in [0.5, 0.6) is 0 Å². The largest absolute Gasteiger partial charge is 0.379 e. The fraction of sp³-hybridized carbons (Fsp3) is 0.350. The molecule has 0 aliphatic carbocycles. The lowest BCUT2D eigenvalue weighted by Gasteiger charge is -2.26. The number of carbonyl (C=O) groups excluding carboxylic acids is 1. The van der Waals surface area contributed by atoms with Crippen LogP contribution in [0.25, 0.3) is 0 Å². The van der Waals surface area contributed by atoms with E-state index < -0.39 is 10.0 Å². The number of ether oxygens (including phenoxy) is 1. The molecule has 0 bridgehead atoms. The molecule has 0 radical (unpaired) electrons. The van der Waals surface area contributed by atoms with Crippen LogP contribution in [0, 0.1) is 6.92 Å². The van der Waals surface area contributed by atoms with Gasteiger partial charge in [0.2, 0.25) is 15.9 Å². The number of nitrogens with zero attached hydrogens (tertiary/aromatic N) is 1.